The van der Waals surface area contributed by atoms with Crippen molar-refractivity contribution in [2.75, 3.05) is 19.6 Å². The molecule has 3 saturated heterocycles. The summed E-state index contributed by atoms with van der Waals surface area (Å²) in [6, 6.07) is 8.34. The van der Waals surface area contributed by atoms with Crippen LogP contribution in [0, 0.1) is 5.92 Å². The lowest BCUT2D eigenvalue weighted by Crippen LogP contribution is -3.15. The summed E-state index contributed by atoms with van der Waals surface area (Å²) in [7, 11) is 0. The van der Waals surface area contributed by atoms with Gasteiger partial charge in [-0.05, 0) is 35.8 Å². The van der Waals surface area contributed by atoms with Crippen molar-refractivity contribution < 1.29 is 4.90 Å². The summed E-state index contributed by atoms with van der Waals surface area (Å²) in [6.45, 7) is 3.85. The van der Waals surface area contributed by atoms with Gasteiger partial charge >= 0.3 is 0 Å². The quantitative estimate of drug-likeness (QED) is 0.821. The molecule has 0 aromatic carbocycles. The van der Waals surface area contributed by atoms with Crippen LogP contribution in [0.5, 0.6) is 0 Å². The van der Waals surface area contributed by atoms with Crippen LogP contribution in [0.15, 0.2) is 29.8 Å². The molecular formula is C16H16Cl2NS2+. The molecule has 2 aromatic heterocycles. The number of hydrogen-bond donors (Lipinski definition) is 1. The number of hydrogen-bond acceptors (Lipinski definition) is 2. The van der Waals surface area contributed by atoms with Crippen LogP contribution in [-0.2, 0) is 0 Å². The van der Waals surface area contributed by atoms with Gasteiger partial charge in [-0.3, -0.25) is 0 Å². The number of quaternary nitrogens is 1. The Morgan fingerprint density at radius 3 is 1.90 bits per heavy atom. The van der Waals surface area contributed by atoms with Crippen LogP contribution in [0.2, 0.25) is 8.67 Å². The highest BCUT2D eigenvalue weighted by Crippen LogP contribution is 2.41. The molecule has 0 aliphatic carbocycles. The average Bonchev–Trinajstić information content (AvgIpc) is 3.10. The van der Waals surface area contributed by atoms with Gasteiger partial charge in [0, 0.05) is 28.2 Å². The maximum absolute atomic E-state index is 6.18. The molecule has 3 fully saturated rings. The lowest BCUT2D eigenvalue weighted by Gasteiger charge is -2.39. The zero-order chi connectivity index (χ0) is 14.4. The molecule has 5 heteroatoms. The van der Waals surface area contributed by atoms with E-state index < -0.39 is 0 Å². The second kappa shape index (κ2) is 5.71. The lowest BCUT2D eigenvalue weighted by atomic mass is 9.80. The zero-order valence-electron chi connectivity index (χ0n) is 11.5. The Bertz CT molecular complexity index is 650. The van der Waals surface area contributed by atoms with Gasteiger partial charge in [0.05, 0.1) is 28.3 Å². The van der Waals surface area contributed by atoms with E-state index in [4.69, 9.17) is 23.2 Å². The van der Waals surface area contributed by atoms with Gasteiger partial charge in [-0.1, -0.05) is 23.2 Å². The number of fused-ring (bicyclic) bond motifs is 3. The minimum absolute atomic E-state index is 0.749. The summed E-state index contributed by atoms with van der Waals surface area (Å²) in [5.41, 5.74) is 3.03. The number of nitrogens with one attached hydrogen (secondary N) is 1. The topological polar surface area (TPSA) is 4.44 Å². The molecule has 3 aliphatic rings. The van der Waals surface area contributed by atoms with Crippen molar-refractivity contribution in [3.05, 3.63) is 48.3 Å². The Hall–Kier alpha value is -0.320. The summed E-state index contributed by atoms with van der Waals surface area (Å²) in [5.74, 6) is 0.749. The summed E-state index contributed by atoms with van der Waals surface area (Å²) < 4.78 is 1.72. The van der Waals surface area contributed by atoms with E-state index in [1.54, 1.807) is 33.1 Å². The van der Waals surface area contributed by atoms with Crippen molar-refractivity contribution in [2.45, 2.75) is 12.8 Å². The third-order valence-corrected chi connectivity index (χ3v) is 7.08. The van der Waals surface area contributed by atoms with Gasteiger partial charge in [-0.2, -0.15) is 0 Å². The van der Waals surface area contributed by atoms with Gasteiger partial charge in [-0.15, -0.1) is 22.7 Å². The van der Waals surface area contributed by atoms with E-state index in [-0.39, 0.29) is 0 Å². The number of halogens is 2. The van der Waals surface area contributed by atoms with Crippen molar-refractivity contribution in [3.8, 4) is 0 Å². The summed E-state index contributed by atoms with van der Waals surface area (Å²) in [4.78, 5) is 4.32. The Labute approximate surface area is 142 Å². The molecule has 0 atom stereocenters. The van der Waals surface area contributed by atoms with E-state index in [1.807, 2.05) is 12.1 Å². The molecule has 2 aromatic rings. The Balaban J connectivity index is 1.87. The second-order valence-corrected chi connectivity index (χ2v) is 9.24. The van der Waals surface area contributed by atoms with Crippen LogP contribution >= 0.6 is 45.9 Å². The fourth-order valence-electron chi connectivity index (χ4n) is 3.59. The van der Waals surface area contributed by atoms with Gasteiger partial charge in [0.15, 0.2) is 0 Å². The molecule has 2 bridgehead atoms. The van der Waals surface area contributed by atoms with E-state index >= 15 is 0 Å². The van der Waals surface area contributed by atoms with Crippen LogP contribution in [-0.4, -0.2) is 19.6 Å². The average molecular weight is 357 g/mol. The van der Waals surface area contributed by atoms with Gasteiger partial charge in [0.25, 0.3) is 0 Å². The van der Waals surface area contributed by atoms with E-state index in [0.717, 1.165) is 14.6 Å². The molecule has 110 valence electrons. The smallest absolute Gasteiger partial charge is 0.1000 e. The lowest BCUT2D eigenvalue weighted by molar-refractivity contribution is -0.908. The molecule has 1 N–H and O–H groups in total. The van der Waals surface area contributed by atoms with Crippen molar-refractivity contribution in [1.29, 1.82) is 0 Å². The van der Waals surface area contributed by atoms with Gasteiger partial charge in [0.1, 0.15) is 0 Å². The third kappa shape index (κ3) is 2.71. The van der Waals surface area contributed by atoms with Crippen molar-refractivity contribution >= 4 is 51.4 Å². The standard InChI is InChI=1S/C16H15Cl2NS2/c17-14-3-1-12(20-14)16(13-2-4-15(18)21-13)11-9-19-7-5-10(11)6-8-19/h1-4,10H,5-9H2/p+1. The molecule has 5 rings (SSSR count). The first-order valence-electron chi connectivity index (χ1n) is 7.29. The first-order chi connectivity index (χ1) is 10.2. The monoisotopic (exact) mass is 356 g/mol. The molecule has 0 saturated carbocycles. The predicted octanol–water partition coefficient (Wildman–Crippen LogP) is 4.23. The number of rotatable bonds is 2. The maximum Gasteiger partial charge on any atom is 0.1000 e. The van der Waals surface area contributed by atoms with Crippen LogP contribution < -0.4 is 4.90 Å². The minimum Gasteiger partial charge on any atom is -0.331 e. The molecule has 0 radical (unpaired) electrons. The predicted molar refractivity (Wildman–Crippen MR) is 93.0 cm³/mol. The molecule has 21 heavy (non-hydrogen) atoms. The second-order valence-electron chi connectivity index (χ2n) is 5.81. The Morgan fingerprint density at radius 2 is 1.52 bits per heavy atom. The Morgan fingerprint density at radius 1 is 0.952 bits per heavy atom. The minimum atomic E-state index is 0.749. The first-order valence-corrected chi connectivity index (χ1v) is 9.67. The molecule has 3 aliphatic heterocycles. The van der Waals surface area contributed by atoms with Crippen LogP contribution in [0.1, 0.15) is 22.6 Å². The molecule has 5 heterocycles. The van der Waals surface area contributed by atoms with E-state index in [1.165, 1.54) is 47.8 Å². The van der Waals surface area contributed by atoms with Crippen LogP contribution in [0.4, 0.5) is 0 Å². The van der Waals surface area contributed by atoms with E-state index in [9.17, 15) is 0 Å². The normalized spacial score (nSPS) is 24.6. The van der Waals surface area contributed by atoms with Crippen LogP contribution in [0.3, 0.4) is 0 Å². The fourth-order valence-corrected chi connectivity index (χ4v) is 5.93. The highest BCUT2D eigenvalue weighted by Gasteiger charge is 2.35. The summed E-state index contributed by atoms with van der Waals surface area (Å²) >= 11 is 15.7. The van der Waals surface area contributed by atoms with Gasteiger partial charge < -0.3 is 4.90 Å². The molecule has 0 unspecified atom stereocenters. The third-order valence-electron chi connectivity index (χ3n) is 4.59. The Kier molecular flexibility index (Phi) is 3.88. The molecule has 1 nitrogen and oxygen atoms in total. The highest BCUT2D eigenvalue weighted by molar-refractivity contribution is 7.19. The first kappa shape index (κ1) is 14.3. The van der Waals surface area contributed by atoms with Gasteiger partial charge in [0.2, 0.25) is 0 Å². The zero-order valence-corrected chi connectivity index (χ0v) is 14.6. The van der Waals surface area contributed by atoms with Gasteiger partial charge in [-0.25, -0.2) is 0 Å². The largest absolute Gasteiger partial charge is 0.331 e. The van der Waals surface area contributed by atoms with E-state index in [0.29, 0.717) is 0 Å². The SMILES string of the molecule is Clc1ccc(C(=C2C[NH+]3CCC2CC3)c2ccc(Cl)s2)s1. The summed E-state index contributed by atoms with van der Waals surface area (Å²) in [5, 5.41) is 0. The van der Waals surface area contributed by atoms with Crippen molar-refractivity contribution in [3.63, 3.8) is 0 Å². The highest BCUT2D eigenvalue weighted by atomic mass is 35.5. The van der Waals surface area contributed by atoms with E-state index in [2.05, 4.69) is 12.1 Å². The van der Waals surface area contributed by atoms with Crippen LogP contribution in [0.25, 0.3) is 5.57 Å². The fraction of sp³-hybridized carbons (Fsp3) is 0.375. The number of piperidine rings is 3. The summed E-state index contributed by atoms with van der Waals surface area (Å²) in [6.07, 6.45) is 2.65. The molecule has 0 spiro atoms. The molecule has 0 amide bonds. The number of thiophene rings is 2. The van der Waals surface area contributed by atoms with Crippen molar-refractivity contribution in [2.24, 2.45) is 5.92 Å². The molecular weight excluding hydrogens is 341 g/mol. The maximum atomic E-state index is 6.18. The van der Waals surface area contributed by atoms with Crippen molar-refractivity contribution in [1.82, 2.24) is 0 Å².